The smallest absolute Gasteiger partial charge is 0.149 e. The van der Waals surface area contributed by atoms with Crippen molar-refractivity contribution >= 4 is 5.78 Å². The van der Waals surface area contributed by atoms with Crippen molar-refractivity contribution in [3.63, 3.8) is 0 Å². The van der Waals surface area contributed by atoms with Gasteiger partial charge in [-0.05, 0) is 26.3 Å². The van der Waals surface area contributed by atoms with Crippen molar-refractivity contribution in [2.45, 2.75) is 44.7 Å². The first kappa shape index (κ1) is 11.1. The highest BCUT2D eigenvalue weighted by molar-refractivity contribution is 5.85. The third-order valence-corrected chi connectivity index (χ3v) is 3.99. The normalized spacial score (nSPS) is 34.9. The number of carbonyl (C=O) groups excluding carboxylic acids is 1. The molecule has 1 aliphatic heterocycles. The van der Waals surface area contributed by atoms with Crippen molar-refractivity contribution < 1.29 is 4.79 Å². The molecule has 0 aromatic rings. The summed E-state index contributed by atoms with van der Waals surface area (Å²) in [5, 5.41) is 0. The van der Waals surface area contributed by atoms with E-state index in [0.29, 0.717) is 11.8 Å². The van der Waals surface area contributed by atoms with Crippen LogP contribution in [0.2, 0.25) is 0 Å². The van der Waals surface area contributed by atoms with Crippen LogP contribution in [0, 0.1) is 0 Å². The maximum absolute atomic E-state index is 11.7. The van der Waals surface area contributed by atoms with E-state index < -0.39 is 0 Å². The van der Waals surface area contributed by atoms with Gasteiger partial charge in [0.15, 0.2) is 0 Å². The molecule has 2 atom stereocenters. The number of Topliss-reactive ketones (excluding diaryl/α,β-unsaturated/α-hetero) is 1. The average molecular weight is 210 g/mol. The van der Waals surface area contributed by atoms with E-state index in [1.165, 1.54) is 6.42 Å². The Morgan fingerprint density at radius 2 is 2.20 bits per heavy atom. The second-order valence-electron chi connectivity index (χ2n) is 4.91. The minimum Gasteiger partial charge on any atom is -0.301 e. The standard InChI is InChI=1S/C12H22N2O/c1-3-10-9-14(8-7-13(10)2)11-5-4-6-12(11)15/h10-11H,3-9H2,1-2H3. The highest BCUT2D eigenvalue weighted by atomic mass is 16.1. The molecule has 0 bridgehead atoms. The summed E-state index contributed by atoms with van der Waals surface area (Å²) in [5.74, 6) is 0.481. The highest BCUT2D eigenvalue weighted by Gasteiger charge is 2.34. The molecule has 2 rings (SSSR count). The lowest BCUT2D eigenvalue weighted by Crippen LogP contribution is -2.55. The minimum absolute atomic E-state index is 0.257. The Balaban J connectivity index is 1.96. The average Bonchev–Trinajstić information content (AvgIpc) is 2.65. The van der Waals surface area contributed by atoms with Gasteiger partial charge in [0, 0.05) is 32.1 Å². The van der Waals surface area contributed by atoms with Crippen LogP contribution in [-0.2, 0) is 4.79 Å². The zero-order chi connectivity index (χ0) is 10.8. The van der Waals surface area contributed by atoms with Gasteiger partial charge in [0.1, 0.15) is 5.78 Å². The van der Waals surface area contributed by atoms with E-state index in [1.807, 2.05) is 0 Å². The second-order valence-corrected chi connectivity index (χ2v) is 4.91. The number of piperazine rings is 1. The van der Waals surface area contributed by atoms with Crippen LogP contribution in [0.4, 0.5) is 0 Å². The predicted octanol–water partition coefficient (Wildman–Crippen LogP) is 1.13. The van der Waals surface area contributed by atoms with E-state index in [-0.39, 0.29) is 6.04 Å². The quantitative estimate of drug-likeness (QED) is 0.683. The first-order valence-corrected chi connectivity index (χ1v) is 6.19. The van der Waals surface area contributed by atoms with Crippen LogP contribution in [0.3, 0.4) is 0 Å². The molecule has 2 aliphatic rings. The molecule has 0 radical (unpaired) electrons. The van der Waals surface area contributed by atoms with E-state index in [9.17, 15) is 4.79 Å². The molecule has 0 aromatic heterocycles. The van der Waals surface area contributed by atoms with Crippen molar-refractivity contribution in [2.75, 3.05) is 26.7 Å². The lowest BCUT2D eigenvalue weighted by molar-refractivity contribution is -0.122. The molecule has 86 valence electrons. The third kappa shape index (κ3) is 2.23. The molecule has 2 fully saturated rings. The number of likely N-dealkylation sites (N-methyl/N-ethyl adjacent to an activating group) is 1. The molecule has 0 amide bonds. The summed E-state index contributed by atoms with van der Waals surface area (Å²) in [6, 6.07) is 0.903. The summed E-state index contributed by atoms with van der Waals surface area (Å²) >= 11 is 0. The van der Waals surface area contributed by atoms with Gasteiger partial charge in [0.25, 0.3) is 0 Å². The van der Waals surface area contributed by atoms with Crippen molar-refractivity contribution in [2.24, 2.45) is 0 Å². The van der Waals surface area contributed by atoms with Gasteiger partial charge >= 0.3 is 0 Å². The van der Waals surface area contributed by atoms with Crippen LogP contribution in [0.15, 0.2) is 0 Å². The summed E-state index contributed by atoms with van der Waals surface area (Å²) in [4.78, 5) is 16.5. The Morgan fingerprint density at radius 3 is 2.80 bits per heavy atom. The van der Waals surface area contributed by atoms with Gasteiger partial charge in [-0.1, -0.05) is 6.92 Å². The number of hydrogen-bond donors (Lipinski definition) is 0. The Bertz CT molecular complexity index is 242. The minimum atomic E-state index is 0.257. The molecule has 15 heavy (non-hydrogen) atoms. The van der Waals surface area contributed by atoms with Crippen molar-refractivity contribution in [1.82, 2.24) is 9.80 Å². The summed E-state index contributed by atoms with van der Waals surface area (Å²) < 4.78 is 0. The number of nitrogens with zero attached hydrogens (tertiary/aromatic N) is 2. The van der Waals surface area contributed by atoms with E-state index in [2.05, 4.69) is 23.8 Å². The Hall–Kier alpha value is -0.410. The van der Waals surface area contributed by atoms with Crippen LogP contribution < -0.4 is 0 Å². The largest absolute Gasteiger partial charge is 0.301 e. The van der Waals surface area contributed by atoms with Gasteiger partial charge in [-0.25, -0.2) is 0 Å². The number of ketones is 1. The zero-order valence-corrected chi connectivity index (χ0v) is 9.91. The van der Waals surface area contributed by atoms with E-state index in [1.54, 1.807) is 0 Å². The molecule has 0 aromatic carbocycles. The molecule has 0 spiro atoms. The van der Waals surface area contributed by atoms with Gasteiger partial charge < -0.3 is 4.90 Å². The topological polar surface area (TPSA) is 23.6 Å². The van der Waals surface area contributed by atoms with Gasteiger partial charge in [0.05, 0.1) is 6.04 Å². The Morgan fingerprint density at radius 1 is 1.40 bits per heavy atom. The van der Waals surface area contributed by atoms with E-state index >= 15 is 0 Å². The second kappa shape index (κ2) is 4.62. The molecule has 0 N–H and O–H groups in total. The predicted molar refractivity (Wildman–Crippen MR) is 60.9 cm³/mol. The molecule has 1 aliphatic carbocycles. The SMILES string of the molecule is CCC1CN(C2CCCC2=O)CCN1C. The summed E-state index contributed by atoms with van der Waals surface area (Å²) in [7, 11) is 2.20. The summed E-state index contributed by atoms with van der Waals surface area (Å²) in [6.45, 7) is 5.51. The van der Waals surface area contributed by atoms with Gasteiger partial charge in [-0.15, -0.1) is 0 Å². The Labute approximate surface area is 92.4 Å². The van der Waals surface area contributed by atoms with Crippen LogP contribution >= 0.6 is 0 Å². The fourth-order valence-electron chi connectivity index (χ4n) is 2.88. The fraction of sp³-hybridized carbons (Fsp3) is 0.917. The van der Waals surface area contributed by atoms with Crippen molar-refractivity contribution in [3.8, 4) is 0 Å². The van der Waals surface area contributed by atoms with Crippen molar-refractivity contribution in [1.29, 1.82) is 0 Å². The lowest BCUT2D eigenvalue weighted by atomic mass is 10.1. The van der Waals surface area contributed by atoms with E-state index in [0.717, 1.165) is 38.9 Å². The molecule has 1 saturated carbocycles. The van der Waals surface area contributed by atoms with Gasteiger partial charge in [0.2, 0.25) is 0 Å². The maximum atomic E-state index is 11.7. The molecule has 1 saturated heterocycles. The van der Waals surface area contributed by atoms with Gasteiger partial charge in [-0.2, -0.15) is 0 Å². The molecule has 3 heteroatoms. The van der Waals surface area contributed by atoms with Crippen LogP contribution in [0.1, 0.15) is 32.6 Å². The summed E-state index contributed by atoms with van der Waals surface area (Å²) in [6.07, 6.45) is 4.20. The zero-order valence-electron chi connectivity index (χ0n) is 9.91. The maximum Gasteiger partial charge on any atom is 0.149 e. The molecule has 2 unspecified atom stereocenters. The Kier molecular flexibility index (Phi) is 3.42. The first-order chi connectivity index (χ1) is 7.22. The van der Waals surface area contributed by atoms with Gasteiger partial charge in [-0.3, -0.25) is 9.69 Å². The van der Waals surface area contributed by atoms with Crippen LogP contribution in [-0.4, -0.2) is 54.3 Å². The van der Waals surface area contributed by atoms with E-state index in [4.69, 9.17) is 0 Å². The van der Waals surface area contributed by atoms with Crippen LogP contribution in [0.25, 0.3) is 0 Å². The number of hydrogen-bond acceptors (Lipinski definition) is 3. The first-order valence-electron chi connectivity index (χ1n) is 6.19. The van der Waals surface area contributed by atoms with Crippen molar-refractivity contribution in [3.05, 3.63) is 0 Å². The monoisotopic (exact) mass is 210 g/mol. The highest BCUT2D eigenvalue weighted by Crippen LogP contribution is 2.23. The number of carbonyl (C=O) groups is 1. The summed E-state index contributed by atoms with van der Waals surface area (Å²) in [5.41, 5.74) is 0. The fourth-order valence-corrected chi connectivity index (χ4v) is 2.88. The third-order valence-electron chi connectivity index (χ3n) is 3.99. The van der Waals surface area contributed by atoms with Crippen LogP contribution in [0.5, 0.6) is 0 Å². The molecular formula is C12H22N2O. The lowest BCUT2D eigenvalue weighted by Gasteiger charge is -2.41. The number of rotatable bonds is 2. The molecular weight excluding hydrogens is 188 g/mol. The molecule has 1 heterocycles. The molecule has 3 nitrogen and oxygen atoms in total.